The van der Waals surface area contributed by atoms with E-state index in [1.165, 1.54) is 17.0 Å². The Morgan fingerprint density at radius 3 is 2.43 bits per heavy atom. The Balaban J connectivity index is 1.80. The normalized spacial score (nSPS) is 28.0. The predicted molar refractivity (Wildman–Crippen MR) is 74.3 cm³/mol. The number of carboxylic acids is 1. The fourth-order valence-corrected chi connectivity index (χ4v) is 3.49. The Morgan fingerprint density at radius 2 is 1.86 bits per heavy atom. The van der Waals surface area contributed by atoms with Gasteiger partial charge >= 0.3 is 5.97 Å². The molecule has 2 unspecified atom stereocenters. The molecule has 2 fully saturated rings. The van der Waals surface area contributed by atoms with Gasteiger partial charge in [-0.2, -0.15) is 0 Å². The van der Waals surface area contributed by atoms with Gasteiger partial charge in [0, 0.05) is 0 Å². The summed E-state index contributed by atoms with van der Waals surface area (Å²) in [6, 6.07) is 6.38. The van der Waals surface area contributed by atoms with Crippen LogP contribution in [-0.4, -0.2) is 27.8 Å². The van der Waals surface area contributed by atoms with Crippen molar-refractivity contribution in [2.45, 2.75) is 26.3 Å². The number of carbonyl (C=O) groups excluding carboxylic acids is 2. The van der Waals surface area contributed by atoms with Crippen LogP contribution in [0.2, 0.25) is 0 Å². The molecule has 0 spiro atoms. The van der Waals surface area contributed by atoms with Gasteiger partial charge in [0.05, 0.1) is 23.9 Å². The maximum Gasteiger partial charge on any atom is 0.335 e. The predicted octanol–water partition coefficient (Wildman–Crippen LogP) is 1.92. The molecule has 1 heterocycles. The lowest BCUT2D eigenvalue weighted by atomic mass is 10.00. The van der Waals surface area contributed by atoms with Gasteiger partial charge in [-0.25, -0.2) is 4.79 Å². The third-order valence-corrected chi connectivity index (χ3v) is 4.48. The van der Waals surface area contributed by atoms with Gasteiger partial charge in [-0.3, -0.25) is 14.5 Å². The maximum atomic E-state index is 12.4. The second kappa shape index (κ2) is 4.98. The van der Waals surface area contributed by atoms with Gasteiger partial charge in [-0.15, -0.1) is 0 Å². The molecule has 1 saturated heterocycles. The molecule has 21 heavy (non-hydrogen) atoms. The van der Waals surface area contributed by atoms with E-state index in [4.69, 9.17) is 5.11 Å². The molecule has 1 aliphatic carbocycles. The quantitative estimate of drug-likeness (QED) is 0.862. The first-order valence-corrected chi connectivity index (χ1v) is 7.15. The number of fused-ring (bicyclic) bond motifs is 1. The minimum absolute atomic E-state index is 0.102. The van der Waals surface area contributed by atoms with Crippen molar-refractivity contribution in [3.05, 3.63) is 35.4 Å². The van der Waals surface area contributed by atoms with Crippen LogP contribution < -0.4 is 0 Å². The topological polar surface area (TPSA) is 74.7 Å². The molecule has 5 nitrogen and oxygen atoms in total. The number of nitrogens with zero attached hydrogens (tertiary/aromatic N) is 1. The molecule has 1 N–H and O–H groups in total. The Hall–Kier alpha value is -2.17. The zero-order chi connectivity index (χ0) is 15.1. The fourth-order valence-electron chi connectivity index (χ4n) is 3.49. The van der Waals surface area contributed by atoms with E-state index in [1.54, 1.807) is 12.1 Å². The molecule has 2 atom stereocenters. The number of likely N-dealkylation sites (tertiary alicyclic amines) is 1. The van der Waals surface area contributed by atoms with Gasteiger partial charge in [0.2, 0.25) is 11.8 Å². The zero-order valence-corrected chi connectivity index (χ0v) is 11.8. The van der Waals surface area contributed by atoms with Gasteiger partial charge in [-0.05, 0) is 36.5 Å². The lowest BCUT2D eigenvalue weighted by Crippen LogP contribution is -2.31. The molecule has 0 bridgehead atoms. The molecule has 2 aliphatic rings. The van der Waals surface area contributed by atoms with Crippen molar-refractivity contribution < 1.29 is 19.5 Å². The molecule has 0 aromatic heterocycles. The summed E-state index contributed by atoms with van der Waals surface area (Å²) in [6.07, 6.45) is 1.56. The standard InChI is InChI=1S/C16H17NO4/c1-9-5-12-13(6-9)15(19)17(14(12)18)8-10-3-2-4-11(7-10)16(20)21/h2-4,7,9,12-13H,5-6,8H2,1H3,(H,20,21). The number of aromatic carboxylic acids is 1. The molecule has 1 saturated carbocycles. The van der Waals surface area contributed by atoms with Crippen LogP contribution in [0.4, 0.5) is 0 Å². The number of hydrogen-bond donors (Lipinski definition) is 1. The molecule has 1 aromatic carbocycles. The van der Waals surface area contributed by atoms with Crippen LogP contribution in [0.3, 0.4) is 0 Å². The second-order valence-electron chi connectivity index (χ2n) is 6.06. The smallest absolute Gasteiger partial charge is 0.335 e. The number of amides is 2. The monoisotopic (exact) mass is 287 g/mol. The summed E-state index contributed by atoms with van der Waals surface area (Å²) >= 11 is 0. The summed E-state index contributed by atoms with van der Waals surface area (Å²) in [5.74, 6) is -1.14. The van der Waals surface area contributed by atoms with Crippen LogP contribution in [-0.2, 0) is 16.1 Å². The summed E-state index contributed by atoms with van der Waals surface area (Å²) < 4.78 is 0. The number of imide groups is 1. The number of carbonyl (C=O) groups is 3. The van der Waals surface area contributed by atoms with Gasteiger partial charge < -0.3 is 5.11 Å². The van der Waals surface area contributed by atoms with Crippen LogP contribution in [0.25, 0.3) is 0 Å². The highest BCUT2D eigenvalue weighted by Gasteiger charge is 2.51. The van der Waals surface area contributed by atoms with Crippen molar-refractivity contribution >= 4 is 17.8 Å². The first-order chi connectivity index (χ1) is 9.97. The van der Waals surface area contributed by atoms with Crippen molar-refractivity contribution in [1.82, 2.24) is 4.90 Å². The summed E-state index contributed by atoms with van der Waals surface area (Å²) in [6.45, 7) is 2.24. The van der Waals surface area contributed by atoms with Gasteiger partial charge in [0.25, 0.3) is 0 Å². The molecule has 3 rings (SSSR count). The van der Waals surface area contributed by atoms with Gasteiger partial charge in [-0.1, -0.05) is 19.1 Å². The third-order valence-electron chi connectivity index (χ3n) is 4.48. The first kappa shape index (κ1) is 13.8. The molecule has 110 valence electrons. The van der Waals surface area contributed by atoms with Crippen molar-refractivity contribution in [2.24, 2.45) is 17.8 Å². The van der Waals surface area contributed by atoms with Crippen molar-refractivity contribution in [2.75, 3.05) is 0 Å². The number of hydrogen-bond acceptors (Lipinski definition) is 3. The molecule has 2 amide bonds. The molecular formula is C16H17NO4. The number of benzene rings is 1. The average molecular weight is 287 g/mol. The van der Waals surface area contributed by atoms with Crippen LogP contribution in [0.15, 0.2) is 24.3 Å². The van der Waals surface area contributed by atoms with E-state index in [0.29, 0.717) is 11.5 Å². The lowest BCUT2D eigenvalue weighted by Gasteiger charge is -2.17. The average Bonchev–Trinajstić information content (AvgIpc) is 2.93. The third kappa shape index (κ3) is 2.33. The highest BCUT2D eigenvalue weighted by Crippen LogP contribution is 2.43. The highest BCUT2D eigenvalue weighted by molar-refractivity contribution is 6.05. The highest BCUT2D eigenvalue weighted by atomic mass is 16.4. The largest absolute Gasteiger partial charge is 0.478 e. The van der Waals surface area contributed by atoms with Crippen LogP contribution in [0.5, 0.6) is 0 Å². The van der Waals surface area contributed by atoms with E-state index < -0.39 is 5.97 Å². The molecule has 1 aromatic rings. The Bertz CT molecular complexity index is 600. The number of carboxylic acid groups (broad SMARTS) is 1. The molecule has 5 heteroatoms. The number of rotatable bonds is 3. The Labute approximate surface area is 122 Å². The van der Waals surface area contributed by atoms with E-state index in [9.17, 15) is 14.4 Å². The van der Waals surface area contributed by atoms with Gasteiger partial charge in [0.15, 0.2) is 0 Å². The SMILES string of the molecule is CC1CC2C(=O)N(Cc3cccc(C(=O)O)c3)C(=O)C2C1. The Kier molecular flexibility index (Phi) is 3.27. The summed E-state index contributed by atoms with van der Waals surface area (Å²) in [4.78, 5) is 37.0. The van der Waals surface area contributed by atoms with E-state index in [0.717, 1.165) is 12.8 Å². The lowest BCUT2D eigenvalue weighted by molar-refractivity contribution is -0.141. The summed E-state index contributed by atoms with van der Waals surface area (Å²) in [5, 5.41) is 8.99. The van der Waals surface area contributed by atoms with Crippen LogP contribution in [0.1, 0.15) is 35.7 Å². The van der Waals surface area contributed by atoms with Crippen molar-refractivity contribution in [3.8, 4) is 0 Å². The van der Waals surface area contributed by atoms with E-state index >= 15 is 0 Å². The maximum absolute atomic E-state index is 12.4. The van der Waals surface area contributed by atoms with Crippen molar-refractivity contribution in [1.29, 1.82) is 0 Å². The van der Waals surface area contributed by atoms with E-state index in [1.807, 2.05) is 0 Å². The minimum atomic E-state index is -1.01. The van der Waals surface area contributed by atoms with Gasteiger partial charge in [0.1, 0.15) is 0 Å². The molecular weight excluding hydrogens is 270 g/mol. The van der Waals surface area contributed by atoms with E-state index in [2.05, 4.69) is 6.92 Å². The van der Waals surface area contributed by atoms with E-state index in [-0.39, 0.29) is 35.8 Å². The molecule has 0 radical (unpaired) electrons. The fraction of sp³-hybridized carbons (Fsp3) is 0.438. The summed E-state index contributed by atoms with van der Waals surface area (Å²) in [7, 11) is 0. The zero-order valence-electron chi connectivity index (χ0n) is 11.8. The van der Waals surface area contributed by atoms with Crippen molar-refractivity contribution in [3.63, 3.8) is 0 Å². The Morgan fingerprint density at radius 1 is 1.24 bits per heavy atom. The first-order valence-electron chi connectivity index (χ1n) is 7.15. The minimum Gasteiger partial charge on any atom is -0.478 e. The summed E-state index contributed by atoms with van der Waals surface area (Å²) in [5.41, 5.74) is 0.838. The molecule has 1 aliphatic heterocycles. The second-order valence-corrected chi connectivity index (χ2v) is 6.06. The van der Waals surface area contributed by atoms with Crippen LogP contribution >= 0.6 is 0 Å². The van der Waals surface area contributed by atoms with Crippen LogP contribution in [0, 0.1) is 17.8 Å².